The predicted molar refractivity (Wildman–Crippen MR) is 65.5 cm³/mol. The van der Waals surface area contributed by atoms with Crippen LogP contribution in [0.5, 0.6) is 5.75 Å². The lowest BCUT2D eigenvalue weighted by atomic mass is 9.95. The Kier molecular flexibility index (Phi) is 4.77. The third kappa shape index (κ3) is 4.21. The second-order valence-corrected chi connectivity index (χ2v) is 4.71. The van der Waals surface area contributed by atoms with Gasteiger partial charge in [-0.2, -0.15) is 0 Å². The summed E-state index contributed by atoms with van der Waals surface area (Å²) in [4.78, 5) is 0. The third-order valence-corrected chi connectivity index (χ3v) is 2.45. The number of methoxy groups -OCH3 is 1. The molecule has 0 aliphatic heterocycles. The van der Waals surface area contributed by atoms with Crippen molar-refractivity contribution in [2.75, 3.05) is 20.3 Å². The molecule has 0 unspecified atom stereocenters. The van der Waals surface area contributed by atoms with Crippen LogP contribution in [0.1, 0.15) is 19.4 Å². The van der Waals surface area contributed by atoms with Crippen LogP contribution in [0.2, 0.25) is 0 Å². The van der Waals surface area contributed by atoms with Gasteiger partial charge in [-0.15, -0.1) is 0 Å². The standard InChI is InChI=1S/C13H21NO2/c1-13(2,9-14)10-16-8-11-5-4-6-12(7-11)15-3/h4-7H,8-10,14H2,1-3H3. The minimum absolute atomic E-state index is 0.0405. The number of hydrogen-bond donors (Lipinski definition) is 1. The number of benzene rings is 1. The number of nitrogens with two attached hydrogens (primary N) is 1. The summed E-state index contributed by atoms with van der Waals surface area (Å²) in [5.74, 6) is 0.860. The van der Waals surface area contributed by atoms with E-state index in [1.165, 1.54) is 0 Å². The molecule has 0 spiro atoms. The molecule has 0 saturated heterocycles. The van der Waals surface area contributed by atoms with Crippen LogP contribution >= 0.6 is 0 Å². The van der Waals surface area contributed by atoms with Gasteiger partial charge in [0, 0.05) is 5.41 Å². The second kappa shape index (κ2) is 5.87. The first-order chi connectivity index (χ1) is 7.57. The van der Waals surface area contributed by atoms with Crippen LogP contribution in [0.15, 0.2) is 24.3 Å². The molecule has 3 nitrogen and oxygen atoms in total. The Labute approximate surface area is 97.6 Å². The summed E-state index contributed by atoms with van der Waals surface area (Å²) in [7, 11) is 1.66. The molecule has 0 bridgehead atoms. The molecule has 1 rings (SSSR count). The first kappa shape index (κ1) is 13.0. The number of hydrogen-bond acceptors (Lipinski definition) is 3. The zero-order valence-electron chi connectivity index (χ0n) is 10.3. The van der Waals surface area contributed by atoms with Crippen molar-refractivity contribution in [1.29, 1.82) is 0 Å². The van der Waals surface area contributed by atoms with Crippen LogP contribution in [0.4, 0.5) is 0 Å². The highest BCUT2D eigenvalue weighted by molar-refractivity contribution is 5.27. The first-order valence-electron chi connectivity index (χ1n) is 5.48. The number of ether oxygens (including phenoxy) is 2. The molecule has 1 aromatic carbocycles. The van der Waals surface area contributed by atoms with Gasteiger partial charge in [0.25, 0.3) is 0 Å². The van der Waals surface area contributed by atoms with Crippen LogP contribution in [-0.2, 0) is 11.3 Å². The molecule has 0 radical (unpaired) electrons. The molecule has 0 saturated carbocycles. The number of rotatable bonds is 6. The second-order valence-electron chi connectivity index (χ2n) is 4.71. The van der Waals surface area contributed by atoms with E-state index in [2.05, 4.69) is 13.8 Å². The summed E-state index contributed by atoms with van der Waals surface area (Å²) in [5, 5.41) is 0. The van der Waals surface area contributed by atoms with Crippen molar-refractivity contribution in [2.45, 2.75) is 20.5 Å². The van der Waals surface area contributed by atoms with E-state index in [0.29, 0.717) is 19.8 Å². The highest BCUT2D eigenvalue weighted by Crippen LogP contribution is 2.16. The lowest BCUT2D eigenvalue weighted by Gasteiger charge is -2.21. The average Bonchev–Trinajstić information content (AvgIpc) is 2.29. The molecule has 0 fully saturated rings. The van der Waals surface area contributed by atoms with E-state index in [1.807, 2.05) is 24.3 Å². The van der Waals surface area contributed by atoms with E-state index >= 15 is 0 Å². The Morgan fingerprint density at radius 3 is 2.69 bits per heavy atom. The molecule has 90 valence electrons. The molecule has 16 heavy (non-hydrogen) atoms. The molecular weight excluding hydrogens is 202 g/mol. The largest absolute Gasteiger partial charge is 0.497 e. The van der Waals surface area contributed by atoms with Gasteiger partial charge in [-0.3, -0.25) is 0 Å². The van der Waals surface area contributed by atoms with E-state index in [0.717, 1.165) is 11.3 Å². The van der Waals surface area contributed by atoms with Gasteiger partial charge in [-0.1, -0.05) is 26.0 Å². The van der Waals surface area contributed by atoms with E-state index in [4.69, 9.17) is 15.2 Å². The highest BCUT2D eigenvalue weighted by Gasteiger charge is 2.15. The van der Waals surface area contributed by atoms with Crippen LogP contribution in [0.3, 0.4) is 0 Å². The fourth-order valence-electron chi connectivity index (χ4n) is 1.27. The predicted octanol–water partition coefficient (Wildman–Crippen LogP) is 2.20. The Morgan fingerprint density at radius 1 is 1.31 bits per heavy atom. The van der Waals surface area contributed by atoms with Gasteiger partial charge in [0.05, 0.1) is 20.3 Å². The summed E-state index contributed by atoms with van der Waals surface area (Å²) in [6.07, 6.45) is 0. The van der Waals surface area contributed by atoms with Gasteiger partial charge < -0.3 is 15.2 Å². The van der Waals surface area contributed by atoms with Gasteiger partial charge in [0.2, 0.25) is 0 Å². The van der Waals surface area contributed by atoms with E-state index in [1.54, 1.807) is 7.11 Å². The van der Waals surface area contributed by atoms with Gasteiger partial charge in [-0.05, 0) is 24.2 Å². The van der Waals surface area contributed by atoms with Crippen LogP contribution in [-0.4, -0.2) is 20.3 Å². The van der Waals surface area contributed by atoms with Gasteiger partial charge in [-0.25, -0.2) is 0 Å². The molecule has 3 heteroatoms. The molecular formula is C13H21NO2. The van der Waals surface area contributed by atoms with E-state index in [-0.39, 0.29) is 5.41 Å². The van der Waals surface area contributed by atoms with Crippen molar-refractivity contribution in [3.63, 3.8) is 0 Å². The fraction of sp³-hybridized carbons (Fsp3) is 0.538. The summed E-state index contributed by atoms with van der Waals surface area (Å²) in [6.45, 7) is 6.09. The Balaban J connectivity index is 2.42. The molecule has 0 amide bonds. The highest BCUT2D eigenvalue weighted by atomic mass is 16.5. The zero-order valence-corrected chi connectivity index (χ0v) is 10.3. The maximum Gasteiger partial charge on any atom is 0.119 e. The third-order valence-electron chi connectivity index (χ3n) is 2.45. The molecule has 0 aliphatic carbocycles. The molecule has 0 aliphatic rings. The molecule has 2 N–H and O–H groups in total. The van der Waals surface area contributed by atoms with Gasteiger partial charge in [0.15, 0.2) is 0 Å². The van der Waals surface area contributed by atoms with Crippen LogP contribution in [0.25, 0.3) is 0 Å². The first-order valence-corrected chi connectivity index (χ1v) is 5.48. The normalized spacial score (nSPS) is 11.5. The summed E-state index contributed by atoms with van der Waals surface area (Å²) in [6, 6.07) is 7.90. The average molecular weight is 223 g/mol. The Morgan fingerprint density at radius 2 is 2.06 bits per heavy atom. The minimum atomic E-state index is 0.0405. The van der Waals surface area contributed by atoms with Crippen molar-refractivity contribution >= 4 is 0 Å². The molecule has 1 aromatic rings. The zero-order chi connectivity index (χ0) is 12.0. The summed E-state index contributed by atoms with van der Waals surface area (Å²) < 4.78 is 10.8. The monoisotopic (exact) mass is 223 g/mol. The molecule has 0 heterocycles. The van der Waals surface area contributed by atoms with Gasteiger partial charge >= 0.3 is 0 Å². The SMILES string of the molecule is COc1cccc(COCC(C)(C)CN)c1. The quantitative estimate of drug-likeness (QED) is 0.804. The lowest BCUT2D eigenvalue weighted by molar-refractivity contribution is 0.0552. The topological polar surface area (TPSA) is 44.5 Å². The Hall–Kier alpha value is -1.06. The van der Waals surface area contributed by atoms with Crippen molar-refractivity contribution in [1.82, 2.24) is 0 Å². The lowest BCUT2D eigenvalue weighted by Crippen LogP contribution is -2.28. The van der Waals surface area contributed by atoms with E-state index < -0.39 is 0 Å². The summed E-state index contributed by atoms with van der Waals surface area (Å²) in [5.41, 5.74) is 6.79. The van der Waals surface area contributed by atoms with Crippen molar-refractivity contribution < 1.29 is 9.47 Å². The van der Waals surface area contributed by atoms with Crippen molar-refractivity contribution in [3.8, 4) is 5.75 Å². The van der Waals surface area contributed by atoms with Crippen LogP contribution < -0.4 is 10.5 Å². The van der Waals surface area contributed by atoms with Crippen molar-refractivity contribution in [2.24, 2.45) is 11.1 Å². The van der Waals surface area contributed by atoms with Crippen LogP contribution in [0, 0.1) is 5.41 Å². The van der Waals surface area contributed by atoms with E-state index in [9.17, 15) is 0 Å². The maximum absolute atomic E-state index is 5.64. The Bertz CT molecular complexity index is 323. The smallest absolute Gasteiger partial charge is 0.119 e. The molecule has 0 atom stereocenters. The summed E-state index contributed by atoms with van der Waals surface area (Å²) >= 11 is 0. The van der Waals surface area contributed by atoms with Crippen molar-refractivity contribution in [3.05, 3.63) is 29.8 Å². The maximum atomic E-state index is 5.64. The fourth-order valence-corrected chi connectivity index (χ4v) is 1.27. The molecule has 0 aromatic heterocycles. The minimum Gasteiger partial charge on any atom is -0.497 e. The van der Waals surface area contributed by atoms with Gasteiger partial charge in [0.1, 0.15) is 5.75 Å².